The first kappa shape index (κ1) is 13.9. The van der Waals surface area contributed by atoms with Crippen LogP contribution in [0.3, 0.4) is 0 Å². The first-order chi connectivity index (χ1) is 9.52. The fourth-order valence-corrected chi connectivity index (χ4v) is 1.85. The lowest BCUT2D eigenvalue weighted by molar-refractivity contribution is 0.0697. The maximum absolute atomic E-state index is 13.9. The molecule has 0 heterocycles. The Bertz CT molecular complexity index is 626. The van der Waals surface area contributed by atoms with E-state index in [0.717, 1.165) is 11.8 Å². The van der Waals surface area contributed by atoms with E-state index in [2.05, 4.69) is 0 Å². The molecule has 0 radical (unpaired) electrons. The summed E-state index contributed by atoms with van der Waals surface area (Å²) in [6, 6.07) is 10.7. The number of anilines is 2. The number of halogens is 1. The molecule has 0 spiro atoms. The van der Waals surface area contributed by atoms with Gasteiger partial charge in [-0.25, -0.2) is 9.18 Å². The van der Waals surface area contributed by atoms with Crippen LogP contribution >= 0.6 is 0 Å². The lowest BCUT2D eigenvalue weighted by Crippen LogP contribution is -2.12. The smallest absolute Gasteiger partial charge is 0.335 e. The molecule has 5 heteroatoms. The van der Waals surface area contributed by atoms with E-state index in [1.807, 2.05) is 0 Å². The van der Waals surface area contributed by atoms with Crippen LogP contribution in [0.25, 0.3) is 0 Å². The number of nitrogens with zero attached hydrogens (tertiary/aromatic N) is 1. The summed E-state index contributed by atoms with van der Waals surface area (Å²) < 4.78 is 18.9. The molecule has 4 nitrogen and oxygen atoms in total. The number of hydrogen-bond donors (Lipinski definition) is 1. The molecule has 20 heavy (non-hydrogen) atoms. The van der Waals surface area contributed by atoms with Gasteiger partial charge in [0, 0.05) is 12.7 Å². The van der Waals surface area contributed by atoms with Crippen LogP contribution in [0.2, 0.25) is 0 Å². The molecule has 0 amide bonds. The van der Waals surface area contributed by atoms with Crippen LogP contribution in [0.4, 0.5) is 15.8 Å². The van der Waals surface area contributed by atoms with Crippen molar-refractivity contribution in [3.8, 4) is 5.75 Å². The summed E-state index contributed by atoms with van der Waals surface area (Å²) in [5.74, 6) is -0.871. The molecule has 1 N–H and O–H groups in total. The van der Waals surface area contributed by atoms with Gasteiger partial charge in [-0.15, -0.1) is 0 Å². The van der Waals surface area contributed by atoms with E-state index in [4.69, 9.17) is 9.84 Å². The van der Waals surface area contributed by atoms with Gasteiger partial charge in [-0.05, 0) is 42.5 Å². The third-order valence-corrected chi connectivity index (χ3v) is 3.01. The second kappa shape index (κ2) is 5.61. The Morgan fingerprint density at radius 3 is 2.40 bits per heavy atom. The highest BCUT2D eigenvalue weighted by Crippen LogP contribution is 2.28. The number of rotatable bonds is 4. The summed E-state index contributed by atoms with van der Waals surface area (Å²) in [7, 11) is 3.24. The van der Waals surface area contributed by atoms with Crippen molar-refractivity contribution in [1.82, 2.24) is 0 Å². The first-order valence-corrected chi connectivity index (χ1v) is 5.93. The van der Waals surface area contributed by atoms with Gasteiger partial charge in [0.05, 0.1) is 18.4 Å². The Kier molecular flexibility index (Phi) is 3.89. The van der Waals surface area contributed by atoms with Crippen LogP contribution in [0.5, 0.6) is 5.75 Å². The molecule has 0 aliphatic carbocycles. The zero-order chi connectivity index (χ0) is 14.7. The van der Waals surface area contributed by atoms with E-state index in [1.165, 1.54) is 12.1 Å². The highest BCUT2D eigenvalue weighted by molar-refractivity contribution is 5.89. The van der Waals surface area contributed by atoms with Gasteiger partial charge in [0.2, 0.25) is 0 Å². The third kappa shape index (κ3) is 2.71. The van der Waals surface area contributed by atoms with Gasteiger partial charge < -0.3 is 14.7 Å². The van der Waals surface area contributed by atoms with Crippen molar-refractivity contribution in [2.75, 3.05) is 19.1 Å². The molecule has 2 aromatic rings. The van der Waals surface area contributed by atoms with Crippen molar-refractivity contribution in [2.45, 2.75) is 0 Å². The van der Waals surface area contributed by atoms with E-state index in [9.17, 15) is 9.18 Å². The van der Waals surface area contributed by atoms with Gasteiger partial charge in [-0.3, -0.25) is 0 Å². The Morgan fingerprint density at radius 2 is 1.85 bits per heavy atom. The maximum Gasteiger partial charge on any atom is 0.335 e. The fraction of sp³-hybridized carbons (Fsp3) is 0.133. The predicted molar refractivity (Wildman–Crippen MR) is 74.4 cm³/mol. The van der Waals surface area contributed by atoms with E-state index in [1.54, 1.807) is 43.3 Å². The minimum atomic E-state index is -1.09. The summed E-state index contributed by atoms with van der Waals surface area (Å²) in [5.41, 5.74) is 0.976. The lowest BCUT2D eigenvalue weighted by atomic mass is 10.1. The number of aromatic carboxylic acids is 1. The van der Waals surface area contributed by atoms with Gasteiger partial charge in [-0.2, -0.15) is 0 Å². The molecule has 2 rings (SSSR count). The van der Waals surface area contributed by atoms with Crippen LogP contribution in [0.1, 0.15) is 10.4 Å². The number of carbonyl (C=O) groups is 1. The highest BCUT2D eigenvalue weighted by atomic mass is 19.1. The lowest BCUT2D eigenvalue weighted by Gasteiger charge is -2.20. The standard InChI is InChI=1S/C15H14FNO3/c1-17(11-4-6-12(20-2)7-5-11)14-9-10(15(18)19)3-8-13(14)16/h3-9H,1-2H3,(H,18,19). The van der Waals surface area contributed by atoms with Crippen molar-refractivity contribution < 1.29 is 19.0 Å². The number of carboxylic acids is 1. The molecule has 104 valence electrons. The molecular formula is C15H14FNO3. The molecule has 0 fully saturated rings. The van der Waals surface area contributed by atoms with Gasteiger partial charge in [-0.1, -0.05) is 0 Å². The predicted octanol–water partition coefficient (Wildman–Crippen LogP) is 3.30. The zero-order valence-electron chi connectivity index (χ0n) is 11.1. The molecule has 0 saturated carbocycles. The molecule has 0 bridgehead atoms. The fourth-order valence-electron chi connectivity index (χ4n) is 1.85. The molecule has 0 aliphatic rings. The maximum atomic E-state index is 13.9. The summed E-state index contributed by atoms with van der Waals surface area (Å²) in [6.07, 6.45) is 0. The first-order valence-electron chi connectivity index (χ1n) is 5.93. The van der Waals surface area contributed by atoms with Crippen molar-refractivity contribution in [3.05, 3.63) is 53.8 Å². The van der Waals surface area contributed by atoms with Gasteiger partial charge in [0.15, 0.2) is 0 Å². The largest absolute Gasteiger partial charge is 0.497 e. The van der Waals surface area contributed by atoms with Crippen LogP contribution in [0.15, 0.2) is 42.5 Å². The summed E-state index contributed by atoms with van der Waals surface area (Å²) in [5, 5.41) is 8.96. The molecule has 0 saturated heterocycles. The molecule has 2 aromatic carbocycles. The van der Waals surface area contributed by atoms with E-state index >= 15 is 0 Å². The van der Waals surface area contributed by atoms with Crippen molar-refractivity contribution >= 4 is 17.3 Å². The summed E-state index contributed by atoms with van der Waals surface area (Å²) >= 11 is 0. The minimum absolute atomic E-state index is 0.0433. The van der Waals surface area contributed by atoms with Crippen molar-refractivity contribution in [2.24, 2.45) is 0 Å². The molecule has 0 unspecified atom stereocenters. The van der Waals surface area contributed by atoms with Crippen molar-refractivity contribution in [3.63, 3.8) is 0 Å². The second-order valence-electron chi connectivity index (χ2n) is 4.23. The average Bonchev–Trinajstić information content (AvgIpc) is 2.47. The minimum Gasteiger partial charge on any atom is -0.497 e. The summed E-state index contributed by atoms with van der Waals surface area (Å²) in [4.78, 5) is 12.5. The SMILES string of the molecule is COc1ccc(N(C)c2cc(C(=O)O)ccc2F)cc1. The average molecular weight is 275 g/mol. The Labute approximate surface area is 116 Å². The summed E-state index contributed by atoms with van der Waals surface area (Å²) in [6.45, 7) is 0. The monoisotopic (exact) mass is 275 g/mol. The molecule has 0 aromatic heterocycles. The highest BCUT2D eigenvalue weighted by Gasteiger charge is 2.13. The Morgan fingerprint density at radius 1 is 1.20 bits per heavy atom. The van der Waals surface area contributed by atoms with E-state index < -0.39 is 11.8 Å². The number of ether oxygens (including phenoxy) is 1. The number of hydrogen-bond acceptors (Lipinski definition) is 3. The molecule has 0 atom stereocenters. The quantitative estimate of drug-likeness (QED) is 0.930. The van der Waals surface area contributed by atoms with Gasteiger partial charge in [0.1, 0.15) is 11.6 Å². The normalized spacial score (nSPS) is 10.2. The molecule has 0 aliphatic heterocycles. The van der Waals surface area contributed by atoms with E-state index in [0.29, 0.717) is 5.75 Å². The van der Waals surface area contributed by atoms with Crippen LogP contribution in [-0.2, 0) is 0 Å². The number of carboxylic acid groups (broad SMARTS) is 1. The topological polar surface area (TPSA) is 49.8 Å². The van der Waals surface area contributed by atoms with Crippen LogP contribution in [0, 0.1) is 5.82 Å². The Balaban J connectivity index is 2.38. The third-order valence-electron chi connectivity index (χ3n) is 3.01. The Hall–Kier alpha value is -2.56. The van der Waals surface area contributed by atoms with Crippen LogP contribution < -0.4 is 9.64 Å². The van der Waals surface area contributed by atoms with E-state index in [-0.39, 0.29) is 11.3 Å². The second-order valence-corrected chi connectivity index (χ2v) is 4.23. The van der Waals surface area contributed by atoms with Gasteiger partial charge in [0.25, 0.3) is 0 Å². The van der Waals surface area contributed by atoms with Crippen molar-refractivity contribution in [1.29, 1.82) is 0 Å². The number of methoxy groups -OCH3 is 1. The zero-order valence-corrected chi connectivity index (χ0v) is 11.1. The van der Waals surface area contributed by atoms with Gasteiger partial charge >= 0.3 is 5.97 Å². The van der Waals surface area contributed by atoms with Crippen LogP contribution in [-0.4, -0.2) is 25.2 Å². The number of benzene rings is 2. The molecular weight excluding hydrogens is 261 g/mol.